The molecule has 1 aliphatic carbocycles. The molecule has 0 bridgehead atoms. The van der Waals surface area contributed by atoms with Gasteiger partial charge in [-0.25, -0.2) is 0 Å². The molecule has 1 amide bonds. The van der Waals surface area contributed by atoms with Gasteiger partial charge in [0.2, 0.25) is 5.91 Å². The van der Waals surface area contributed by atoms with E-state index in [1.165, 1.54) is 0 Å². The minimum absolute atomic E-state index is 0.0581. The molecule has 1 saturated carbocycles. The SMILES string of the molecule is CN1CCN(C(=O)C2(C(N)=NO)CCCCCC2)CC1. The van der Waals surface area contributed by atoms with E-state index in [0.717, 1.165) is 51.9 Å². The summed E-state index contributed by atoms with van der Waals surface area (Å²) < 4.78 is 0. The van der Waals surface area contributed by atoms with Crippen molar-refractivity contribution < 1.29 is 10.0 Å². The highest BCUT2D eigenvalue weighted by Crippen LogP contribution is 2.37. The van der Waals surface area contributed by atoms with Crippen molar-refractivity contribution in [3.05, 3.63) is 0 Å². The number of carbonyl (C=O) groups is 1. The van der Waals surface area contributed by atoms with E-state index in [-0.39, 0.29) is 11.7 Å². The lowest BCUT2D eigenvalue weighted by molar-refractivity contribution is -0.140. The van der Waals surface area contributed by atoms with Crippen molar-refractivity contribution in [2.24, 2.45) is 16.3 Å². The molecule has 0 aromatic rings. The lowest BCUT2D eigenvalue weighted by Crippen LogP contribution is -2.56. The first-order valence-electron chi connectivity index (χ1n) is 7.56. The number of hydrogen-bond acceptors (Lipinski definition) is 4. The smallest absolute Gasteiger partial charge is 0.236 e. The summed E-state index contributed by atoms with van der Waals surface area (Å²) in [4.78, 5) is 17.1. The molecule has 0 aromatic carbocycles. The van der Waals surface area contributed by atoms with Crippen molar-refractivity contribution in [1.82, 2.24) is 9.80 Å². The fourth-order valence-electron chi connectivity index (χ4n) is 3.32. The predicted molar refractivity (Wildman–Crippen MR) is 77.6 cm³/mol. The summed E-state index contributed by atoms with van der Waals surface area (Å²) in [6.45, 7) is 3.24. The van der Waals surface area contributed by atoms with E-state index >= 15 is 0 Å². The van der Waals surface area contributed by atoms with Gasteiger partial charge in [0.05, 0.1) is 0 Å². The third-order valence-corrected chi connectivity index (χ3v) is 4.76. The van der Waals surface area contributed by atoms with Crippen LogP contribution >= 0.6 is 0 Å². The van der Waals surface area contributed by atoms with E-state index in [1.54, 1.807) is 0 Å². The quantitative estimate of drug-likeness (QED) is 0.259. The van der Waals surface area contributed by atoms with Crippen LogP contribution in [-0.4, -0.2) is 60.0 Å². The minimum atomic E-state index is -0.777. The summed E-state index contributed by atoms with van der Waals surface area (Å²) in [5.41, 5.74) is 5.15. The van der Waals surface area contributed by atoms with E-state index in [2.05, 4.69) is 17.1 Å². The van der Waals surface area contributed by atoms with E-state index in [9.17, 15) is 4.79 Å². The first-order valence-corrected chi connectivity index (χ1v) is 7.56. The Kier molecular flexibility index (Phi) is 4.86. The van der Waals surface area contributed by atoms with Crippen LogP contribution in [0.4, 0.5) is 0 Å². The maximum absolute atomic E-state index is 13.0. The number of nitrogens with two attached hydrogens (primary N) is 1. The predicted octanol–water partition coefficient (Wildman–Crippen LogP) is 0.847. The van der Waals surface area contributed by atoms with Gasteiger partial charge >= 0.3 is 0 Å². The Bertz CT molecular complexity index is 367. The minimum Gasteiger partial charge on any atom is -0.409 e. The third-order valence-electron chi connectivity index (χ3n) is 4.76. The fraction of sp³-hybridized carbons (Fsp3) is 0.857. The first kappa shape index (κ1) is 15.1. The van der Waals surface area contributed by atoms with Crippen LogP contribution in [0.2, 0.25) is 0 Å². The second-order valence-corrected chi connectivity index (χ2v) is 6.08. The maximum Gasteiger partial charge on any atom is 0.236 e. The van der Waals surface area contributed by atoms with Gasteiger partial charge in [0.1, 0.15) is 5.41 Å². The molecule has 1 saturated heterocycles. The average molecular weight is 282 g/mol. The monoisotopic (exact) mass is 282 g/mol. The molecule has 6 nitrogen and oxygen atoms in total. The Morgan fingerprint density at radius 3 is 2.15 bits per heavy atom. The van der Waals surface area contributed by atoms with Gasteiger partial charge in [-0.15, -0.1) is 0 Å². The summed E-state index contributed by atoms with van der Waals surface area (Å²) >= 11 is 0. The number of carbonyl (C=O) groups excluding carboxylic acids is 1. The Hall–Kier alpha value is -1.30. The summed E-state index contributed by atoms with van der Waals surface area (Å²) in [5.74, 6) is 0.158. The zero-order chi connectivity index (χ0) is 14.6. The van der Waals surface area contributed by atoms with Crippen LogP contribution in [0.5, 0.6) is 0 Å². The van der Waals surface area contributed by atoms with Crippen LogP contribution in [-0.2, 0) is 4.79 Å². The van der Waals surface area contributed by atoms with Gasteiger partial charge in [0.15, 0.2) is 5.84 Å². The molecule has 0 unspecified atom stereocenters. The van der Waals surface area contributed by atoms with Crippen molar-refractivity contribution >= 4 is 11.7 Å². The van der Waals surface area contributed by atoms with E-state index < -0.39 is 5.41 Å². The molecule has 20 heavy (non-hydrogen) atoms. The van der Waals surface area contributed by atoms with E-state index in [1.807, 2.05) is 4.90 Å². The van der Waals surface area contributed by atoms with Crippen molar-refractivity contribution in [3.8, 4) is 0 Å². The van der Waals surface area contributed by atoms with Crippen LogP contribution in [0.1, 0.15) is 38.5 Å². The highest BCUT2D eigenvalue weighted by atomic mass is 16.4. The van der Waals surface area contributed by atoms with Gasteiger partial charge in [-0.2, -0.15) is 0 Å². The number of piperazine rings is 1. The molecule has 3 N–H and O–H groups in total. The van der Waals surface area contributed by atoms with Gasteiger partial charge in [-0.1, -0.05) is 30.8 Å². The molecule has 2 rings (SSSR count). The molecule has 0 atom stereocenters. The van der Waals surface area contributed by atoms with Crippen LogP contribution < -0.4 is 5.73 Å². The first-order chi connectivity index (χ1) is 9.60. The Morgan fingerprint density at radius 2 is 1.65 bits per heavy atom. The number of amidine groups is 1. The van der Waals surface area contributed by atoms with Crippen molar-refractivity contribution in [3.63, 3.8) is 0 Å². The van der Waals surface area contributed by atoms with Crippen LogP contribution in [0, 0.1) is 5.41 Å². The van der Waals surface area contributed by atoms with Crippen molar-refractivity contribution in [2.45, 2.75) is 38.5 Å². The molecular formula is C14H26N4O2. The summed E-state index contributed by atoms with van der Waals surface area (Å²) in [7, 11) is 2.06. The Morgan fingerprint density at radius 1 is 1.10 bits per heavy atom. The number of hydrogen-bond donors (Lipinski definition) is 2. The lowest BCUT2D eigenvalue weighted by Gasteiger charge is -2.39. The fourth-order valence-corrected chi connectivity index (χ4v) is 3.32. The molecule has 114 valence electrons. The Labute approximate surface area is 120 Å². The molecule has 2 fully saturated rings. The number of amides is 1. The van der Waals surface area contributed by atoms with Crippen LogP contribution in [0.25, 0.3) is 0 Å². The molecule has 6 heteroatoms. The van der Waals surface area contributed by atoms with Gasteiger partial charge in [-0.05, 0) is 19.9 Å². The largest absolute Gasteiger partial charge is 0.409 e. The lowest BCUT2D eigenvalue weighted by atomic mass is 9.77. The molecular weight excluding hydrogens is 256 g/mol. The zero-order valence-corrected chi connectivity index (χ0v) is 12.3. The molecule has 1 aliphatic heterocycles. The molecule has 0 aromatic heterocycles. The van der Waals surface area contributed by atoms with Crippen molar-refractivity contribution in [1.29, 1.82) is 0 Å². The number of oxime groups is 1. The van der Waals surface area contributed by atoms with Gasteiger partial charge in [-0.3, -0.25) is 4.79 Å². The second kappa shape index (κ2) is 6.43. The highest BCUT2D eigenvalue weighted by molar-refractivity contribution is 6.06. The number of nitrogens with zero attached hydrogens (tertiary/aromatic N) is 3. The zero-order valence-electron chi connectivity index (χ0n) is 12.3. The number of likely N-dealkylation sites (N-methyl/N-ethyl adjacent to an activating group) is 1. The van der Waals surface area contributed by atoms with Crippen LogP contribution in [0.3, 0.4) is 0 Å². The summed E-state index contributed by atoms with van der Waals surface area (Å²) in [6.07, 6.45) is 5.58. The van der Waals surface area contributed by atoms with Gasteiger partial charge in [0.25, 0.3) is 0 Å². The second-order valence-electron chi connectivity index (χ2n) is 6.08. The average Bonchev–Trinajstić information content (AvgIpc) is 2.73. The van der Waals surface area contributed by atoms with Gasteiger partial charge in [0, 0.05) is 26.2 Å². The maximum atomic E-state index is 13.0. The third kappa shape index (κ3) is 2.90. The standard InChI is InChI=1S/C14H26N4O2/c1-17-8-10-18(11-9-17)13(19)14(12(15)16-20)6-4-2-3-5-7-14/h20H,2-11H2,1H3,(H2,15,16). The van der Waals surface area contributed by atoms with E-state index in [4.69, 9.17) is 10.9 Å². The molecule has 0 radical (unpaired) electrons. The molecule has 2 aliphatic rings. The number of rotatable bonds is 2. The summed E-state index contributed by atoms with van der Waals surface area (Å²) in [5, 5.41) is 12.3. The van der Waals surface area contributed by atoms with Gasteiger partial charge < -0.3 is 20.7 Å². The van der Waals surface area contributed by atoms with E-state index in [0.29, 0.717) is 12.8 Å². The van der Waals surface area contributed by atoms with Crippen molar-refractivity contribution in [2.75, 3.05) is 33.2 Å². The summed E-state index contributed by atoms with van der Waals surface area (Å²) in [6, 6.07) is 0. The van der Waals surface area contributed by atoms with Crippen LogP contribution in [0.15, 0.2) is 5.16 Å². The molecule has 1 heterocycles. The normalized spacial score (nSPS) is 25.2. The Balaban J connectivity index is 2.19. The highest BCUT2D eigenvalue weighted by Gasteiger charge is 2.45. The topological polar surface area (TPSA) is 82.2 Å². The molecule has 0 spiro atoms.